The van der Waals surface area contributed by atoms with E-state index in [9.17, 15) is 8.78 Å². The predicted molar refractivity (Wildman–Crippen MR) is 87.0 cm³/mol. The van der Waals surface area contributed by atoms with Crippen LogP contribution in [0.1, 0.15) is 68.5 Å². The third kappa shape index (κ3) is 3.61. The highest BCUT2D eigenvalue weighted by Crippen LogP contribution is 2.21. The molecule has 1 N–H and O–H groups in total. The average molecular weight is 335 g/mol. The van der Waals surface area contributed by atoms with Crippen LogP contribution in [-0.2, 0) is 13.0 Å². The van der Waals surface area contributed by atoms with Crippen LogP contribution < -0.4 is 5.32 Å². The Kier molecular flexibility index (Phi) is 4.89. The molecule has 0 amide bonds. The van der Waals surface area contributed by atoms with Gasteiger partial charge in [-0.05, 0) is 25.0 Å². The number of aromatic nitrogens is 4. The van der Waals surface area contributed by atoms with Gasteiger partial charge in [-0.15, -0.1) is 0 Å². The molecule has 0 fully saturated rings. The van der Waals surface area contributed by atoms with Crippen LogP contribution in [0.15, 0.2) is 18.3 Å². The number of hydrogen-bond donors (Lipinski definition) is 1. The SMILES string of the molecule is CC(C)c1nc2n(n1)CC(NC(C)c1ccc(C(F)F)nc1)CC2. The Morgan fingerprint density at radius 2 is 2.04 bits per heavy atom. The summed E-state index contributed by atoms with van der Waals surface area (Å²) in [6.07, 6.45) is 0.886. The van der Waals surface area contributed by atoms with Gasteiger partial charge in [-0.2, -0.15) is 5.10 Å². The molecule has 0 bridgehead atoms. The second kappa shape index (κ2) is 6.93. The molecule has 1 aliphatic rings. The van der Waals surface area contributed by atoms with Crippen molar-refractivity contribution >= 4 is 0 Å². The van der Waals surface area contributed by atoms with Gasteiger partial charge in [0.1, 0.15) is 11.5 Å². The lowest BCUT2D eigenvalue weighted by atomic mass is 10.0. The minimum absolute atomic E-state index is 0.0452. The van der Waals surface area contributed by atoms with Gasteiger partial charge in [0.25, 0.3) is 6.43 Å². The molecule has 7 heteroatoms. The fourth-order valence-electron chi connectivity index (χ4n) is 2.96. The molecule has 2 atom stereocenters. The van der Waals surface area contributed by atoms with Crippen LogP contribution in [0.25, 0.3) is 0 Å². The van der Waals surface area contributed by atoms with Crippen molar-refractivity contribution in [1.82, 2.24) is 25.1 Å². The molecule has 0 aromatic carbocycles. The zero-order valence-electron chi connectivity index (χ0n) is 14.2. The summed E-state index contributed by atoms with van der Waals surface area (Å²) < 4.78 is 27.1. The second-order valence-corrected chi connectivity index (χ2v) is 6.66. The Bertz CT molecular complexity index is 681. The third-order valence-corrected chi connectivity index (χ3v) is 4.41. The first-order valence-corrected chi connectivity index (χ1v) is 8.37. The van der Waals surface area contributed by atoms with Crippen molar-refractivity contribution in [3.05, 3.63) is 41.2 Å². The maximum atomic E-state index is 12.6. The van der Waals surface area contributed by atoms with Crippen LogP contribution in [-0.4, -0.2) is 25.8 Å². The number of nitrogens with zero attached hydrogens (tertiary/aromatic N) is 4. The molecule has 5 nitrogen and oxygen atoms in total. The van der Waals surface area contributed by atoms with Gasteiger partial charge in [0.15, 0.2) is 5.82 Å². The van der Waals surface area contributed by atoms with Crippen molar-refractivity contribution < 1.29 is 8.78 Å². The van der Waals surface area contributed by atoms with Gasteiger partial charge in [0, 0.05) is 30.6 Å². The Labute approximate surface area is 140 Å². The molecule has 1 aliphatic heterocycles. The summed E-state index contributed by atoms with van der Waals surface area (Å²) in [5.74, 6) is 2.27. The van der Waals surface area contributed by atoms with Crippen molar-refractivity contribution in [2.45, 2.75) is 64.6 Å². The quantitative estimate of drug-likeness (QED) is 0.910. The van der Waals surface area contributed by atoms with Gasteiger partial charge in [-0.25, -0.2) is 18.4 Å². The molecule has 2 aromatic heterocycles. The van der Waals surface area contributed by atoms with Gasteiger partial charge in [-0.3, -0.25) is 4.98 Å². The zero-order valence-corrected chi connectivity index (χ0v) is 14.2. The van der Waals surface area contributed by atoms with Gasteiger partial charge >= 0.3 is 0 Å². The molecule has 130 valence electrons. The molecular formula is C17H23F2N5. The van der Waals surface area contributed by atoms with Crippen LogP contribution in [0.2, 0.25) is 0 Å². The zero-order chi connectivity index (χ0) is 17.3. The molecule has 0 saturated heterocycles. The summed E-state index contributed by atoms with van der Waals surface area (Å²) in [5.41, 5.74) is 0.726. The summed E-state index contributed by atoms with van der Waals surface area (Å²) in [6, 6.07) is 3.43. The summed E-state index contributed by atoms with van der Waals surface area (Å²) in [4.78, 5) is 8.42. The maximum Gasteiger partial charge on any atom is 0.280 e. The minimum Gasteiger partial charge on any atom is -0.306 e. The first-order valence-electron chi connectivity index (χ1n) is 8.37. The number of rotatable bonds is 5. The maximum absolute atomic E-state index is 12.6. The van der Waals surface area contributed by atoms with E-state index >= 15 is 0 Å². The van der Waals surface area contributed by atoms with E-state index in [-0.39, 0.29) is 17.8 Å². The fourth-order valence-corrected chi connectivity index (χ4v) is 2.96. The Hall–Kier alpha value is -1.89. The standard InChI is InChI=1S/C17H23F2N5/c1-10(2)17-22-15-7-5-13(9-24(15)23-17)21-11(3)12-4-6-14(16(18)19)20-8-12/h4,6,8,10-11,13,16,21H,5,7,9H2,1-3H3. The highest BCUT2D eigenvalue weighted by molar-refractivity contribution is 5.18. The van der Waals surface area contributed by atoms with Gasteiger partial charge in [-0.1, -0.05) is 19.9 Å². The van der Waals surface area contributed by atoms with E-state index < -0.39 is 6.43 Å². The summed E-state index contributed by atoms with van der Waals surface area (Å²) in [5, 5.41) is 8.13. The van der Waals surface area contributed by atoms with Crippen LogP contribution >= 0.6 is 0 Å². The molecule has 0 radical (unpaired) electrons. The number of pyridine rings is 1. The molecule has 0 spiro atoms. The predicted octanol–water partition coefficient (Wildman–Crippen LogP) is 3.40. The topological polar surface area (TPSA) is 55.6 Å². The molecule has 0 saturated carbocycles. The fraction of sp³-hybridized carbons (Fsp3) is 0.588. The van der Waals surface area contributed by atoms with Crippen LogP contribution in [0.4, 0.5) is 8.78 Å². The molecular weight excluding hydrogens is 312 g/mol. The molecule has 3 heterocycles. The molecule has 3 rings (SSSR count). The van der Waals surface area contributed by atoms with E-state index in [2.05, 4.69) is 34.2 Å². The van der Waals surface area contributed by atoms with E-state index in [4.69, 9.17) is 0 Å². The van der Waals surface area contributed by atoms with Crippen molar-refractivity contribution in [2.24, 2.45) is 0 Å². The number of alkyl halides is 2. The lowest BCUT2D eigenvalue weighted by Gasteiger charge is -2.27. The molecule has 0 aliphatic carbocycles. The van der Waals surface area contributed by atoms with Crippen molar-refractivity contribution in [1.29, 1.82) is 0 Å². The number of halogens is 2. The highest BCUT2D eigenvalue weighted by atomic mass is 19.3. The Morgan fingerprint density at radius 1 is 1.25 bits per heavy atom. The van der Waals surface area contributed by atoms with Gasteiger partial charge in [0.05, 0.1) is 6.54 Å². The van der Waals surface area contributed by atoms with E-state index in [1.807, 2.05) is 11.6 Å². The summed E-state index contributed by atoms with van der Waals surface area (Å²) in [7, 11) is 0. The first kappa shape index (κ1) is 17.0. The van der Waals surface area contributed by atoms with Crippen LogP contribution in [0.5, 0.6) is 0 Å². The molecule has 2 unspecified atom stereocenters. The van der Waals surface area contributed by atoms with Crippen LogP contribution in [0, 0.1) is 0 Å². The Balaban J connectivity index is 1.63. The second-order valence-electron chi connectivity index (χ2n) is 6.66. The van der Waals surface area contributed by atoms with Crippen molar-refractivity contribution in [2.75, 3.05) is 0 Å². The van der Waals surface area contributed by atoms with E-state index in [0.717, 1.165) is 36.6 Å². The minimum atomic E-state index is -2.53. The number of nitrogens with one attached hydrogen (secondary N) is 1. The molecule has 2 aromatic rings. The van der Waals surface area contributed by atoms with Crippen molar-refractivity contribution in [3.63, 3.8) is 0 Å². The lowest BCUT2D eigenvalue weighted by molar-refractivity contribution is 0.146. The normalized spacial score (nSPS) is 18.9. The third-order valence-electron chi connectivity index (χ3n) is 4.41. The van der Waals surface area contributed by atoms with E-state index in [1.165, 1.54) is 12.3 Å². The summed E-state index contributed by atoms with van der Waals surface area (Å²) in [6.45, 7) is 6.99. The Morgan fingerprint density at radius 3 is 2.67 bits per heavy atom. The number of fused-ring (bicyclic) bond motifs is 1. The number of aryl methyl sites for hydroxylation is 1. The largest absolute Gasteiger partial charge is 0.306 e. The molecule has 24 heavy (non-hydrogen) atoms. The lowest BCUT2D eigenvalue weighted by Crippen LogP contribution is -2.39. The van der Waals surface area contributed by atoms with Gasteiger partial charge < -0.3 is 5.32 Å². The van der Waals surface area contributed by atoms with Crippen molar-refractivity contribution in [3.8, 4) is 0 Å². The monoisotopic (exact) mass is 335 g/mol. The summed E-state index contributed by atoms with van der Waals surface area (Å²) >= 11 is 0. The van der Waals surface area contributed by atoms with Crippen LogP contribution in [0.3, 0.4) is 0 Å². The highest BCUT2D eigenvalue weighted by Gasteiger charge is 2.23. The van der Waals surface area contributed by atoms with E-state index in [0.29, 0.717) is 5.92 Å². The smallest absolute Gasteiger partial charge is 0.280 e. The average Bonchev–Trinajstić information content (AvgIpc) is 2.98. The number of hydrogen-bond acceptors (Lipinski definition) is 4. The van der Waals surface area contributed by atoms with E-state index in [1.54, 1.807) is 6.07 Å². The first-order chi connectivity index (χ1) is 11.4. The van der Waals surface area contributed by atoms with Gasteiger partial charge in [0.2, 0.25) is 0 Å².